The lowest BCUT2D eigenvalue weighted by Gasteiger charge is -2.34. The molecule has 2 aromatic carbocycles. The highest BCUT2D eigenvalue weighted by atomic mass is 16.5. The summed E-state index contributed by atoms with van der Waals surface area (Å²) in [4.78, 5) is 0. The minimum absolute atomic E-state index is 0.0380. The van der Waals surface area contributed by atoms with Gasteiger partial charge in [0.25, 0.3) is 0 Å². The van der Waals surface area contributed by atoms with E-state index in [1.807, 2.05) is 12.1 Å². The Hall–Kier alpha value is -3.36. The number of rotatable bonds is 9. The Balaban J connectivity index is 1.67. The van der Waals surface area contributed by atoms with Gasteiger partial charge in [0.1, 0.15) is 11.5 Å². The summed E-state index contributed by atoms with van der Waals surface area (Å²) in [7, 11) is 0. The van der Waals surface area contributed by atoms with E-state index < -0.39 is 0 Å². The lowest BCUT2D eigenvalue weighted by Crippen LogP contribution is -2.33. The van der Waals surface area contributed by atoms with E-state index >= 15 is 0 Å². The maximum absolute atomic E-state index is 6.63. The first kappa shape index (κ1) is 23.8. The molecule has 0 aromatic heterocycles. The SMILES string of the molecule is C=CC(=C)C(c1ccccc1)C(C(/C=C1\OC2=C1C(C(C)c1ccccc1)C=C2)=C/C)C(C)N. The summed E-state index contributed by atoms with van der Waals surface area (Å²) < 4.78 is 6.14. The second-order valence-electron chi connectivity index (χ2n) is 9.31. The fourth-order valence-corrected chi connectivity index (χ4v) is 5.29. The van der Waals surface area contributed by atoms with Gasteiger partial charge in [0.05, 0.1) is 0 Å². The van der Waals surface area contributed by atoms with Crippen LogP contribution in [-0.4, -0.2) is 6.04 Å². The van der Waals surface area contributed by atoms with Crippen molar-refractivity contribution in [1.29, 1.82) is 0 Å². The molecule has 1 aliphatic heterocycles. The molecule has 174 valence electrons. The zero-order chi connectivity index (χ0) is 24.2. The Labute approximate surface area is 204 Å². The van der Waals surface area contributed by atoms with Crippen molar-refractivity contribution in [3.05, 3.63) is 144 Å². The van der Waals surface area contributed by atoms with Crippen LogP contribution < -0.4 is 5.73 Å². The van der Waals surface area contributed by atoms with Crippen molar-refractivity contribution >= 4 is 0 Å². The predicted octanol–water partition coefficient (Wildman–Crippen LogP) is 7.58. The molecular formula is C32H35NO. The number of ether oxygens (including phenoxy) is 1. The topological polar surface area (TPSA) is 35.2 Å². The molecule has 5 atom stereocenters. The third kappa shape index (κ3) is 4.51. The minimum Gasteiger partial charge on any atom is -0.456 e. The Kier molecular flexibility index (Phi) is 7.19. The summed E-state index contributed by atoms with van der Waals surface area (Å²) in [5.74, 6) is 2.68. The summed E-state index contributed by atoms with van der Waals surface area (Å²) in [6, 6.07) is 21.1. The van der Waals surface area contributed by atoms with E-state index in [-0.39, 0.29) is 17.9 Å². The van der Waals surface area contributed by atoms with Crippen molar-refractivity contribution in [3.63, 3.8) is 0 Å². The van der Waals surface area contributed by atoms with E-state index in [4.69, 9.17) is 10.5 Å². The highest BCUT2D eigenvalue weighted by molar-refractivity contribution is 5.55. The summed E-state index contributed by atoms with van der Waals surface area (Å²) in [6.45, 7) is 14.8. The van der Waals surface area contributed by atoms with Gasteiger partial charge in [-0.05, 0) is 54.2 Å². The molecule has 2 heteroatoms. The highest BCUT2D eigenvalue weighted by Gasteiger charge is 2.38. The number of nitrogens with two attached hydrogens (primary N) is 1. The molecule has 34 heavy (non-hydrogen) atoms. The summed E-state index contributed by atoms with van der Waals surface area (Å²) in [5, 5.41) is 0. The van der Waals surface area contributed by atoms with Gasteiger partial charge in [-0.25, -0.2) is 0 Å². The van der Waals surface area contributed by atoms with E-state index in [0.717, 1.165) is 22.7 Å². The third-order valence-electron chi connectivity index (χ3n) is 7.17. The van der Waals surface area contributed by atoms with Gasteiger partial charge in [0.2, 0.25) is 0 Å². The van der Waals surface area contributed by atoms with E-state index in [9.17, 15) is 0 Å². The molecule has 1 heterocycles. The molecule has 2 N–H and O–H groups in total. The quantitative estimate of drug-likeness (QED) is 0.400. The highest BCUT2D eigenvalue weighted by Crippen LogP contribution is 2.49. The lowest BCUT2D eigenvalue weighted by atomic mass is 9.73. The largest absolute Gasteiger partial charge is 0.456 e. The number of hydrogen-bond acceptors (Lipinski definition) is 2. The average molecular weight is 450 g/mol. The zero-order valence-corrected chi connectivity index (χ0v) is 20.4. The fraction of sp³-hybridized carbons (Fsp3) is 0.250. The minimum atomic E-state index is -0.0841. The molecule has 2 nitrogen and oxygen atoms in total. The van der Waals surface area contributed by atoms with E-state index in [0.29, 0.717) is 11.8 Å². The van der Waals surface area contributed by atoms with Crippen LogP contribution in [0.15, 0.2) is 132 Å². The van der Waals surface area contributed by atoms with Gasteiger partial charge in [0.15, 0.2) is 0 Å². The molecule has 0 saturated heterocycles. The molecule has 4 rings (SSSR count). The maximum atomic E-state index is 6.63. The molecule has 1 aliphatic carbocycles. The van der Waals surface area contributed by atoms with Crippen molar-refractivity contribution in [2.24, 2.45) is 17.6 Å². The molecule has 0 saturated carbocycles. The Morgan fingerprint density at radius 2 is 1.62 bits per heavy atom. The van der Waals surface area contributed by atoms with Crippen molar-refractivity contribution in [3.8, 4) is 0 Å². The first-order valence-corrected chi connectivity index (χ1v) is 12.1. The number of benzene rings is 2. The van der Waals surface area contributed by atoms with Crippen molar-refractivity contribution in [2.45, 2.75) is 38.6 Å². The van der Waals surface area contributed by atoms with Gasteiger partial charge >= 0.3 is 0 Å². The first-order chi connectivity index (χ1) is 16.5. The van der Waals surface area contributed by atoms with Crippen LogP contribution in [-0.2, 0) is 4.74 Å². The van der Waals surface area contributed by atoms with Crippen LogP contribution in [0.2, 0.25) is 0 Å². The van der Waals surface area contributed by atoms with Gasteiger partial charge in [-0.1, -0.05) is 99.0 Å². The molecule has 0 amide bonds. The monoisotopic (exact) mass is 449 g/mol. The zero-order valence-electron chi connectivity index (χ0n) is 20.4. The maximum Gasteiger partial charge on any atom is 0.135 e. The molecule has 0 spiro atoms. The smallest absolute Gasteiger partial charge is 0.135 e. The van der Waals surface area contributed by atoms with E-state index in [1.165, 1.54) is 16.7 Å². The summed E-state index contributed by atoms with van der Waals surface area (Å²) in [6.07, 6.45) is 10.6. The second-order valence-corrected chi connectivity index (χ2v) is 9.31. The number of hydrogen-bond donors (Lipinski definition) is 1. The fourth-order valence-electron chi connectivity index (χ4n) is 5.29. The van der Waals surface area contributed by atoms with Gasteiger partial charge in [-0.15, -0.1) is 0 Å². The molecule has 5 unspecified atom stereocenters. The van der Waals surface area contributed by atoms with Gasteiger partial charge < -0.3 is 10.5 Å². The molecular weight excluding hydrogens is 414 g/mol. The molecule has 0 fully saturated rings. The third-order valence-corrected chi connectivity index (χ3v) is 7.17. The lowest BCUT2D eigenvalue weighted by molar-refractivity contribution is 0.263. The molecule has 2 aliphatic rings. The second kappa shape index (κ2) is 10.3. The van der Waals surface area contributed by atoms with Gasteiger partial charge in [-0.2, -0.15) is 0 Å². The summed E-state index contributed by atoms with van der Waals surface area (Å²) >= 11 is 0. The summed E-state index contributed by atoms with van der Waals surface area (Å²) in [5.41, 5.74) is 12.6. The van der Waals surface area contributed by atoms with Crippen LogP contribution in [0.4, 0.5) is 0 Å². The van der Waals surface area contributed by atoms with Crippen LogP contribution in [0.3, 0.4) is 0 Å². The van der Waals surface area contributed by atoms with Crippen LogP contribution in [0.5, 0.6) is 0 Å². The van der Waals surface area contributed by atoms with Crippen molar-refractivity contribution in [1.82, 2.24) is 0 Å². The number of allylic oxidation sites excluding steroid dienone is 7. The van der Waals surface area contributed by atoms with Crippen LogP contribution in [0.1, 0.15) is 43.7 Å². The van der Waals surface area contributed by atoms with E-state index in [2.05, 4.69) is 113 Å². The van der Waals surface area contributed by atoms with Crippen LogP contribution in [0.25, 0.3) is 0 Å². The first-order valence-electron chi connectivity index (χ1n) is 12.1. The standard InChI is InChI=1S/C32H35NO/c1-6-21(3)30(26-16-12-9-13-17-26)31(23(5)33)24(7-2)20-29-32-27(18-19-28(32)34-29)22(4)25-14-10-8-11-15-25/h6-20,22-23,27,30-31H,1,3,33H2,2,4-5H3/b24-7+,29-20-. The predicted molar refractivity (Wildman–Crippen MR) is 143 cm³/mol. The van der Waals surface area contributed by atoms with Crippen molar-refractivity contribution < 1.29 is 4.74 Å². The van der Waals surface area contributed by atoms with Gasteiger partial charge in [0, 0.05) is 29.4 Å². The van der Waals surface area contributed by atoms with E-state index in [1.54, 1.807) is 0 Å². The molecule has 0 radical (unpaired) electrons. The van der Waals surface area contributed by atoms with Crippen LogP contribution in [0, 0.1) is 11.8 Å². The van der Waals surface area contributed by atoms with Crippen LogP contribution >= 0.6 is 0 Å². The van der Waals surface area contributed by atoms with Gasteiger partial charge in [-0.3, -0.25) is 0 Å². The normalized spacial score (nSPS) is 21.8. The molecule has 0 bridgehead atoms. The Morgan fingerprint density at radius 1 is 1.00 bits per heavy atom. The average Bonchev–Trinajstić information content (AvgIpc) is 3.20. The molecule has 2 aromatic rings. The Bertz CT molecular complexity index is 1160. The van der Waals surface area contributed by atoms with Crippen molar-refractivity contribution in [2.75, 3.05) is 0 Å². The Morgan fingerprint density at radius 3 is 2.18 bits per heavy atom.